The summed E-state index contributed by atoms with van der Waals surface area (Å²) in [7, 11) is 0. The molecule has 1 amide bonds. The number of nitrogens with zero attached hydrogens (tertiary/aromatic N) is 3. The first-order valence-electron chi connectivity index (χ1n) is 9.42. The highest BCUT2D eigenvalue weighted by Crippen LogP contribution is 2.44. The van der Waals surface area contributed by atoms with Crippen LogP contribution in [0.5, 0.6) is 5.75 Å². The van der Waals surface area contributed by atoms with Crippen molar-refractivity contribution in [2.24, 2.45) is 0 Å². The van der Waals surface area contributed by atoms with E-state index in [1.54, 1.807) is 17.0 Å². The third-order valence-corrected chi connectivity index (χ3v) is 6.23. The third kappa shape index (κ3) is 3.68. The molecule has 4 rings (SSSR count). The van der Waals surface area contributed by atoms with E-state index in [9.17, 15) is 14.4 Å². The predicted molar refractivity (Wildman–Crippen MR) is 111 cm³/mol. The molecule has 2 heterocycles. The maximum atomic E-state index is 13.3. The Kier molecular flexibility index (Phi) is 5.45. The van der Waals surface area contributed by atoms with Gasteiger partial charge in [-0.05, 0) is 36.8 Å². The normalized spacial score (nSPS) is 19.1. The lowest BCUT2D eigenvalue weighted by Crippen LogP contribution is -2.47. The summed E-state index contributed by atoms with van der Waals surface area (Å²) in [6, 6.07) is 16.1. The SMILES string of the molecule is CCOc1ccccc1N1CSC2=C(C#N)[C@H](c3ccc(F)cc3)CC(=O)N2C1. The molecule has 0 radical (unpaired) electrons. The Hall–Kier alpha value is -2.98. The Morgan fingerprint density at radius 2 is 2.00 bits per heavy atom. The molecule has 0 unspecified atom stereocenters. The Labute approximate surface area is 173 Å². The summed E-state index contributed by atoms with van der Waals surface area (Å²) < 4.78 is 19.0. The van der Waals surface area contributed by atoms with Crippen LogP contribution in [0.4, 0.5) is 10.1 Å². The van der Waals surface area contributed by atoms with Crippen LogP contribution in [0.2, 0.25) is 0 Å². The molecule has 2 aromatic carbocycles. The highest BCUT2D eigenvalue weighted by molar-refractivity contribution is 8.03. The fourth-order valence-corrected chi connectivity index (χ4v) is 4.85. The standard InChI is InChI=1S/C22H20FN3O2S/c1-2-28-20-6-4-3-5-19(20)25-13-26-21(27)11-17(15-7-9-16(23)10-8-15)18(12-24)22(26)29-14-25/h3-10,17H,2,11,13-14H2,1H3/t17-/m0/s1. The van der Waals surface area contributed by atoms with Crippen LogP contribution in [0.25, 0.3) is 0 Å². The van der Waals surface area contributed by atoms with Crippen LogP contribution in [-0.4, -0.2) is 30.0 Å². The second-order valence-corrected chi connectivity index (χ2v) is 7.75. The smallest absolute Gasteiger partial charge is 0.229 e. The molecule has 148 valence electrons. The van der Waals surface area contributed by atoms with E-state index in [0.717, 1.165) is 17.0 Å². The van der Waals surface area contributed by atoms with Crippen LogP contribution in [0.15, 0.2) is 59.1 Å². The summed E-state index contributed by atoms with van der Waals surface area (Å²) in [5.74, 6) is 0.662. The molecule has 0 spiro atoms. The first-order valence-corrected chi connectivity index (χ1v) is 10.4. The summed E-state index contributed by atoms with van der Waals surface area (Å²) in [6.45, 7) is 2.86. The molecular weight excluding hydrogens is 389 g/mol. The lowest BCUT2D eigenvalue weighted by molar-refractivity contribution is -0.129. The third-order valence-electron chi connectivity index (χ3n) is 5.07. The van der Waals surface area contributed by atoms with Crippen molar-refractivity contribution in [2.75, 3.05) is 24.1 Å². The molecule has 0 saturated carbocycles. The number of thioether (sulfide) groups is 1. The summed E-state index contributed by atoms with van der Waals surface area (Å²) in [6.07, 6.45) is 0.194. The van der Waals surface area contributed by atoms with E-state index in [1.807, 2.05) is 31.2 Å². The predicted octanol–water partition coefficient (Wildman–Crippen LogP) is 4.44. The van der Waals surface area contributed by atoms with Crippen LogP contribution in [0.3, 0.4) is 0 Å². The molecule has 0 aliphatic carbocycles. The van der Waals surface area contributed by atoms with Crippen molar-refractivity contribution in [3.8, 4) is 11.8 Å². The summed E-state index contributed by atoms with van der Waals surface area (Å²) in [4.78, 5) is 16.7. The van der Waals surface area contributed by atoms with Crippen LogP contribution in [-0.2, 0) is 4.79 Å². The number of allylic oxidation sites excluding steroid dienone is 1. The summed E-state index contributed by atoms with van der Waals surface area (Å²) in [5.41, 5.74) is 2.28. The van der Waals surface area contributed by atoms with Gasteiger partial charge in [0.05, 0.1) is 41.5 Å². The van der Waals surface area contributed by atoms with E-state index < -0.39 is 0 Å². The first kappa shape index (κ1) is 19.3. The Morgan fingerprint density at radius 3 is 2.72 bits per heavy atom. The van der Waals surface area contributed by atoms with E-state index in [2.05, 4.69) is 11.0 Å². The quantitative estimate of drug-likeness (QED) is 0.747. The van der Waals surface area contributed by atoms with Gasteiger partial charge >= 0.3 is 0 Å². The monoisotopic (exact) mass is 409 g/mol. The largest absolute Gasteiger partial charge is 0.492 e. The number of hydrogen-bond donors (Lipinski definition) is 0. The zero-order chi connectivity index (χ0) is 20.4. The molecule has 7 heteroatoms. The first-order chi connectivity index (χ1) is 14.1. The number of amides is 1. The minimum atomic E-state index is -0.339. The van der Waals surface area contributed by atoms with Crippen LogP contribution >= 0.6 is 11.8 Å². The van der Waals surface area contributed by atoms with E-state index >= 15 is 0 Å². The van der Waals surface area contributed by atoms with Gasteiger partial charge < -0.3 is 9.64 Å². The van der Waals surface area contributed by atoms with E-state index in [1.165, 1.54) is 23.9 Å². The van der Waals surface area contributed by atoms with Gasteiger partial charge in [-0.15, -0.1) is 0 Å². The fraction of sp³-hybridized carbons (Fsp3) is 0.273. The Bertz CT molecular complexity index is 1000. The lowest BCUT2D eigenvalue weighted by Gasteiger charge is -2.42. The second kappa shape index (κ2) is 8.18. The zero-order valence-corrected chi connectivity index (χ0v) is 16.8. The van der Waals surface area contributed by atoms with E-state index in [-0.39, 0.29) is 24.1 Å². The highest BCUT2D eigenvalue weighted by Gasteiger charge is 2.38. The van der Waals surface area contributed by atoms with Crippen LogP contribution < -0.4 is 9.64 Å². The molecule has 0 N–H and O–H groups in total. The molecule has 29 heavy (non-hydrogen) atoms. The van der Waals surface area contributed by atoms with Gasteiger partial charge in [0, 0.05) is 12.3 Å². The molecule has 1 atom stereocenters. The van der Waals surface area contributed by atoms with Crippen molar-refractivity contribution in [2.45, 2.75) is 19.3 Å². The van der Waals surface area contributed by atoms with Crippen LogP contribution in [0, 0.1) is 17.1 Å². The van der Waals surface area contributed by atoms with Crippen molar-refractivity contribution < 1.29 is 13.9 Å². The summed E-state index contributed by atoms with van der Waals surface area (Å²) in [5, 5.41) is 10.5. The topological polar surface area (TPSA) is 56.6 Å². The van der Waals surface area contributed by atoms with E-state index in [0.29, 0.717) is 29.8 Å². The number of halogens is 1. The van der Waals surface area contributed by atoms with Gasteiger partial charge in [-0.2, -0.15) is 5.26 Å². The minimum Gasteiger partial charge on any atom is -0.492 e. The number of carbonyl (C=O) groups is 1. The average molecular weight is 409 g/mol. The number of fused-ring (bicyclic) bond motifs is 1. The Morgan fingerprint density at radius 1 is 1.24 bits per heavy atom. The molecule has 2 aliphatic heterocycles. The van der Waals surface area contributed by atoms with Gasteiger partial charge in [-0.1, -0.05) is 36.0 Å². The average Bonchev–Trinajstić information content (AvgIpc) is 2.75. The van der Waals surface area contributed by atoms with Gasteiger partial charge in [0.2, 0.25) is 5.91 Å². The number of para-hydroxylation sites is 2. The maximum Gasteiger partial charge on any atom is 0.229 e. The Balaban J connectivity index is 1.65. The number of ether oxygens (including phenoxy) is 1. The number of benzene rings is 2. The van der Waals surface area contributed by atoms with Gasteiger partial charge in [0.15, 0.2) is 0 Å². The van der Waals surface area contributed by atoms with Gasteiger partial charge in [0.25, 0.3) is 0 Å². The summed E-state index contributed by atoms with van der Waals surface area (Å²) >= 11 is 1.47. The molecule has 1 saturated heterocycles. The molecule has 2 aliphatic rings. The van der Waals surface area contributed by atoms with Gasteiger partial charge in [-0.25, -0.2) is 4.39 Å². The maximum absolute atomic E-state index is 13.3. The number of anilines is 1. The molecule has 2 aromatic rings. The lowest BCUT2D eigenvalue weighted by atomic mass is 9.86. The molecule has 0 aromatic heterocycles. The molecular formula is C22H20FN3O2S. The number of hydrogen-bond acceptors (Lipinski definition) is 5. The van der Waals surface area contributed by atoms with Crippen molar-refractivity contribution in [3.63, 3.8) is 0 Å². The second-order valence-electron chi connectivity index (χ2n) is 6.82. The van der Waals surface area contributed by atoms with E-state index in [4.69, 9.17) is 4.74 Å². The number of nitriles is 1. The van der Waals surface area contributed by atoms with Crippen molar-refractivity contribution in [1.82, 2.24) is 4.90 Å². The molecule has 1 fully saturated rings. The number of rotatable bonds is 4. The van der Waals surface area contributed by atoms with Crippen molar-refractivity contribution in [3.05, 3.63) is 70.5 Å². The van der Waals surface area contributed by atoms with Crippen LogP contribution in [0.1, 0.15) is 24.8 Å². The molecule has 0 bridgehead atoms. The molecule has 5 nitrogen and oxygen atoms in total. The van der Waals surface area contributed by atoms with Crippen molar-refractivity contribution in [1.29, 1.82) is 5.26 Å². The van der Waals surface area contributed by atoms with Gasteiger partial charge in [-0.3, -0.25) is 9.69 Å². The number of carbonyl (C=O) groups excluding carboxylic acids is 1. The van der Waals surface area contributed by atoms with Crippen molar-refractivity contribution >= 4 is 23.4 Å². The fourth-order valence-electron chi connectivity index (χ4n) is 3.69. The van der Waals surface area contributed by atoms with Gasteiger partial charge in [0.1, 0.15) is 11.6 Å². The highest BCUT2D eigenvalue weighted by atomic mass is 32.2. The zero-order valence-electron chi connectivity index (χ0n) is 16.0. The minimum absolute atomic E-state index is 0.0422.